The maximum absolute atomic E-state index is 11.9. The normalized spacial score (nSPS) is 11.1. The minimum atomic E-state index is -0.165. The number of para-hydroxylation sites is 1. The number of aliphatic hydroxyl groups is 1. The van der Waals surface area contributed by atoms with Crippen LogP contribution >= 0.6 is 0 Å². The number of nitrogens with one attached hydrogen (secondary N) is 1. The van der Waals surface area contributed by atoms with Crippen molar-refractivity contribution >= 4 is 10.9 Å². The molecule has 0 unspecified atom stereocenters. The standard InChI is InChI=1S/C13H13N5O2/c19-6-5-9-7-18(17-16-9)8-12-14-11-4-2-1-3-10(11)13(20)15-12/h1-4,7,19H,5-6,8H2,(H,14,15,20). The highest BCUT2D eigenvalue weighted by Gasteiger charge is 2.05. The van der Waals surface area contributed by atoms with Crippen LogP contribution in [-0.4, -0.2) is 36.7 Å². The number of aromatic amines is 1. The van der Waals surface area contributed by atoms with Gasteiger partial charge in [-0.1, -0.05) is 17.3 Å². The number of hydrogen-bond donors (Lipinski definition) is 2. The van der Waals surface area contributed by atoms with E-state index in [1.165, 1.54) is 0 Å². The number of benzene rings is 1. The number of nitrogens with zero attached hydrogens (tertiary/aromatic N) is 4. The van der Waals surface area contributed by atoms with Gasteiger partial charge in [-0.3, -0.25) is 4.79 Å². The van der Waals surface area contributed by atoms with Gasteiger partial charge in [-0.25, -0.2) is 9.67 Å². The molecule has 0 spiro atoms. The van der Waals surface area contributed by atoms with Gasteiger partial charge in [-0.05, 0) is 12.1 Å². The lowest BCUT2D eigenvalue weighted by atomic mass is 10.2. The van der Waals surface area contributed by atoms with Crippen molar-refractivity contribution in [2.45, 2.75) is 13.0 Å². The monoisotopic (exact) mass is 271 g/mol. The molecule has 20 heavy (non-hydrogen) atoms. The molecule has 3 rings (SSSR count). The van der Waals surface area contributed by atoms with Gasteiger partial charge in [0.05, 0.1) is 16.6 Å². The van der Waals surface area contributed by atoms with Gasteiger partial charge in [0, 0.05) is 19.2 Å². The van der Waals surface area contributed by atoms with E-state index in [-0.39, 0.29) is 12.2 Å². The van der Waals surface area contributed by atoms with Gasteiger partial charge >= 0.3 is 0 Å². The summed E-state index contributed by atoms with van der Waals surface area (Å²) in [7, 11) is 0. The Bertz CT molecular complexity index is 793. The smallest absolute Gasteiger partial charge is 0.258 e. The predicted octanol–water partition coefficient (Wildman–Crippen LogP) is 0.0977. The zero-order valence-electron chi connectivity index (χ0n) is 10.7. The van der Waals surface area contributed by atoms with Crippen LogP contribution < -0.4 is 5.56 Å². The van der Waals surface area contributed by atoms with E-state index in [1.807, 2.05) is 6.07 Å². The molecule has 0 saturated carbocycles. The average Bonchev–Trinajstić information content (AvgIpc) is 2.87. The molecule has 0 aliphatic rings. The molecule has 0 aliphatic heterocycles. The average molecular weight is 271 g/mol. The van der Waals surface area contributed by atoms with Gasteiger partial charge in [-0.15, -0.1) is 5.10 Å². The predicted molar refractivity (Wildman–Crippen MR) is 72.3 cm³/mol. The van der Waals surface area contributed by atoms with Crippen LogP contribution in [0.15, 0.2) is 35.3 Å². The van der Waals surface area contributed by atoms with Crippen molar-refractivity contribution in [2.75, 3.05) is 6.61 Å². The Balaban J connectivity index is 1.92. The number of H-pyrrole nitrogens is 1. The molecule has 102 valence electrons. The van der Waals surface area contributed by atoms with Crippen LogP contribution in [0.3, 0.4) is 0 Å². The molecule has 0 atom stereocenters. The van der Waals surface area contributed by atoms with Crippen LogP contribution in [0.25, 0.3) is 10.9 Å². The number of aliphatic hydroxyl groups excluding tert-OH is 1. The number of aromatic nitrogens is 5. The first-order valence-corrected chi connectivity index (χ1v) is 6.24. The summed E-state index contributed by atoms with van der Waals surface area (Å²) in [5.41, 5.74) is 1.19. The summed E-state index contributed by atoms with van der Waals surface area (Å²) in [6.07, 6.45) is 2.19. The van der Waals surface area contributed by atoms with Gasteiger partial charge < -0.3 is 10.1 Å². The number of fused-ring (bicyclic) bond motifs is 1. The molecule has 2 aromatic heterocycles. The second kappa shape index (κ2) is 5.22. The molecule has 0 aliphatic carbocycles. The zero-order valence-corrected chi connectivity index (χ0v) is 10.7. The lowest BCUT2D eigenvalue weighted by Crippen LogP contribution is -2.14. The maximum Gasteiger partial charge on any atom is 0.258 e. The fraction of sp³-hybridized carbons (Fsp3) is 0.231. The molecule has 0 bridgehead atoms. The number of rotatable bonds is 4. The molecule has 7 heteroatoms. The Morgan fingerprint density at radius 3 is 3.00 bits per heavy atom. The van der Waals surface area contributed by atoms with Crippen molar-refractivity contribution in [3.8, 4) is 0 Å². The second-order valence-corrected chi connectivity index (χ2v) is 4.41. The highest BCUT2D eigenvalue weighted by atomic mass is 16.3. The molecule has 1 aromatic carbocycles. The first kappa shape index (κ1) is 12.5. The highest BCUT2D eigenvalue weighted by Crippen LogP contribution is 2.06. The Hall–Kier alpha value is -2.54. The van der Waals surface area contributed by atoms with Crippen LogP contribution in [-0.2, 0) is 13.0 Å². The van der Waals surface area contributed by atoms with Gasteiger partial charge in [0.1, 0.15) is 12.4 Å². The zero-order chi connectivity index (χ0) is 13.9. The highest BCUT2D eigenvalue weighted by molar-refractivity contribution is 5.77. The largest absolute Gasteiger partial charge is 0.396 e. The van der Waals surface area contributed by atoms with Gasteiger partial charge in [0.25, 0.3) is 5.56 Å². The minimum Gasteiger partial charge on any atom is -0.396 e. The third-order valence-corrected chi connectivity index (χ3v) is 2.93. The fourth-order valence-electron chi connectivity index (χ4n) is 2.01. The van der Waals surface area contributed by atoms with E-state index in [9.17, 15) is 4.79 Å². The van der Waals surface area contributed by atoms with E-state index in [4.69, 9.17) is 5.11 Å². The molecule has 0 fully saturated rings. The Kier molecular flexibility index (Phi) is 3.26. The third-order valence-electron chi connectivity index (χ3n) is 2.93. The first-order chi connectivity index (χ1) is 9.76. The topological polar surface area (TPSA) is 96.7 Å². The Labute approximate surface area is 113 Å². The lowest BCUT2D eigenvalue weighted by molar-refractivity contribution is 0.298. The van der Waals surface area contributed by atoms with E-state index in [1.54, 1.807) is 29.1 Å². The van der Waals surface area contributed by atoms with Crippen LogP contribution in [0.5, 0.6) is 0 Å². The quantitative estimate of drug-likeness (QED) is 0.701. The molecule has 7 nitrogen and oxygen atoms in total. The molecule has 3 aromatic rings. The lowest BCUT2D eigenvalue weighted by Gasteiger charge is -2.02. The summed E-state index contributed by atoms with van der Waals surface area (Å²) in [6, 6.07) is 7.18. The van der Waals surface area contributed by atoms with Crippen molar-refractivity contribution in [1.29, 1.82) is 0 Å². The molecular formula is C13H13N5O2. The summed E-state index contributed by atoms with van der Waals surface area (Å²) in [6.45, 7) is 0.363. The molecule has 0 radical (unpaired) electrons. The van der Waals surface area contributed by atoms with Crippen molar-refractivity contribution in [3.63, 3.8) is 0 Å². The summed E-state index contributed by atoms with van der Waals surface area (Å²) in [4.78, 5) is 19.1. The molecule has 0 amide bonds. The van der Waals surface area contributed by atoms with Crippen LogP contribution in [0.1, 0.15) is 11.5 Å². The summed E-state index contributed by atoms with van der Waals surface area (Å²) < 4.78 is 1.58. The van der Waals surface area contributed by atoms with Crippen LogP contribution in [0.4, 0.5) is 0 Å². The molecule has 2 N–H and O–H groups in total. The van der Waals surface area contributed by atoms with E-state index < -0.39 is 0 Å². The summed E-state index contributed by atoms with van der Waals surface area (Å²) in [5, 5.41) is 17.3. The Morgan fingerprint density at radius 1 is 1.30 bits per heavy atom. The molecular weight excluding hydrogens is 258 g/mol. The fourth-order valence-corrected chi connectivity index (χ4v) is 2.01. The van der Waals surface area contributed by atoms with Gasteiger partial charge in [-0.2, -0.15) is 0 Å². The number of hydrogen-bond acceptors (Lipinski definition) is 5. The van der Waals surface area contributed by atoms with Crippen molar-refractivity contribution in [2.24, 2.45) is 0 Å². The van der Waals surface area contributed by atoms with Crippen molar-refractivity contribution < 1.29 is 5.11 Å². The summed E-state index contributed by atoms with van der Waals surface area (Å²) in [5.74, 6) is 0.522. The Morgan fingerprint density at radius 2 is 2.15 bits per heavy atom. The van der Waals surface area contributed by atoms with Gasteiger partial charge in [0.15, 0.2) is 0 Å². The molecule has 0 saturated heterocycles. The van der Waals surface area contributed by atoms with E-state index in [0.717, 1.165) is 0 Å². The van der Waals surface area contributed by atoms with Gasteiger partial charge in [0.2, 0.25) is 0 Å². The van der Waals surface area contributed by atoms with Crippen LogP contribution in [0.2, 0.25) is 0 Å². The van der Waals surface area contributed by atoms with Crippen molar-refractivity contribution in [3.05, 3.63) is 52.3 Å². The van der Waals surface area contributed by atoms with E-state index in [0.29, 0.717) is 35.4 Å². The third kappa shape index (κ3) is 2.43. The minimum absolute atomic E-state index is 0.0315. The summed E-state index contributed by atoms with van der Waals surface area (Å²) >= 11 is 0. The first-order valence-electron chi connectivity index (χ1n) is 6.24. The molecule has 2 heterocycles. The second-order valence-electron chi connectivity index (χ2n) is 4.41. The SMILES string of the molecule is O=c1[nH]c(Cn2cc(CCO)nn2)nc2ccccc12. The van der Waals surface area contributed by atoms with E-state index >= 15 is 0 Å². The van der Waals surface area contributed by atoms with Crippen molar-refractivity contribution in [1.82, 2.24) is 25.0 Å². The maximum atomic E-state index is 11.9. The van der Waals surface area contributed by atoms with Crippen LogP contribution in [0, 0.1) is 0 Å². The van der Waals surface area contributed by atoms with E-state index in [2.05, 4.69) is 20.3 Å².